The molecule has 0 saturated carbocycles. The Morgan fingerprint density at radius 2 is 2.50 bits per heavy atom. The first-order valence-corrected chi connectivity index (χ1v) is 3.98. The lowest BCUT2D eigenvalue weighted by Gasteiger charge is -2.16. The quantitative estimate of drug-likeness (QED) is 0.686. The van der Waals surface area contributed by atoms with Gasteiger partial charge in [0.05, 0.1) is 12.8 Å². The van der Waals surface area contributed by atoms with Crippen molar-refractivity contribution in [2.24, 2.45) is 0 Å². The summed E-state index contributed by atoms with van der Waals surface area (Å²) in [7, 11) is 0. The van der Waals surface area contributed by atoms with Gasteiger partial charge in [-0.15, -0.1) is 0 Å². The first-order chi connectivity index (χ1) is 5.67. The number of nitrogens with one attached hydrogen (secondary N) is 1. The molecule has 1 saturated heterocycles. The average molecular weight is 168 g/mol. The molecule has 66 valence electrons. The Hall–Kier alpha value is -0.870. The van der Waals surface area contributed by atoms with Gasteiger partial charge in [0, 0.05) is 11.8 Å². The Morgan fingerprint density at radius 3 is 3.00 bits per heavy atom. The monoisotopic (exact) mass is 168 g/mol. The van der Waals surface area contributed by atoms with Gasteiger partial charge >= 0.3 is 0 Å². The van der Waals surface area contributed by atoms with Crippen molar-refractivity contribution in [1.82, 2.24) is 10.2 Å². The first-order valence-electron chi connectivity index (χ1n) is 3.98. The fourth-order valence-electron chi connectivity index (χ4n) is 1.29. The molecule has 0 aliphatic carbocycles. The largest absolute Gasteiger partial charge is 0.347 e. The second-order valence-electron chi connectivity index (χ2n) is 3.35. The highest BCUT2D eigenvalue weighted by molar-refractivity contribution is 5.08. The maximum absolute atomic E-state index is 5.61. The number of aromatic amines is 1. The molecule has 1 unspecified atom stereocenters. The van der Waals surface area contributed by atoms with Gasteiger partial charge in [-0.3, -0.25) is 5.10 Å². The molecular weight excluding hydrogens is 156 g/mol. The molecule has 2 rings (SSSR count). The third kappa shape index (κ3) is 1.35. The minimum Gasteiger partial charge on any atom is -0.347 e. The van der Waals surface area contributed by atoms with Crippen molar-refractivity contribution < 1.29 is 9.47 Å². The van der Waals surface area contributed by atoms with E-state index in [0.717, 1.165) is 5.56 Å². The van der Waals surface area contributed by atoms with Crippen LogP contribution in [0, 0.1) is 0 Å². The van der Waals surface area contributed by atoms with Crippen LogP contribution in [0.5, 0.6) is 0 Å². The number of rotatable bonds is 1. The lowest BCUT2D eigenvalue weighted by molar-refractivity contribution is -0.139. The molecule has 4 heteroatoms. The van der Waals surface area contributed by atoms with Crippen LogP contribution in [0.25, 0.3) is 0 Å². The highest BCUT2D eigenvalue weighted by atomic mass is 16.7. The van der Waals surface area contributed by atoms with Crippen LogP contribution >= 0.6 is 0 Å². The Kier molecular flexibility index (Phi) is 1.66. The lowest BCUT2D eigenvalue weighted by atomic mass is 10.2. The summed E-state index contributed by atoms with van der Waals surface area (Å²) in [6.07, 6.45) is 3.61. The van der Waals surface area contributed by atoms with Gasteiger partial charge in [0.1, 0.15) is 6.10 Å². The molecule has 1 aromatic rings. The lowest BCUT2D eigenvalue weighted by Crippen LogP contribution is -2.19. The Balaban J connectivity index is 2.10. The average Bonchev–Trinajstić information content (AvgIpc) is 2.55. The van der Waals surface area contributed by atoms with E-state index in [1.165, 1.54) is 0 Å². The number of aromatic nitrogens is 2. The summed E-state index contributed by atoms with van der Waals surface area (Å²) in [6, 6.07) is 0. The van der Waals surface area contributed by atoms with Gasteiger partial charge in [-0.2, -0.15) is 5.10 Å². The van der Waals surface area contributed by atoms with Crippen molar-refractivity contribution in [3.05, 3.63) is 18.0 Å². The molecule has 12 heavy (non-hydrogen) atoms. The summed E-state index contributed by atoms with van der Waals surface area (Å²) in [4.78, 5) is 0. The number of nitrogens with zero attached hydrogens (tertiary/aromatic N) is 1. The van der Waals surface area contributed by atoms with Crippen molar-refractivity contribution in [2.75, 3.05) is 6.61 Å². The van der Waals surface area contributed by atoms with E-state index in [4.69, 9.17) is 9.47 Å². The molecule has 0 spiro atoms. The van der Waals surface area contributed by atoms with Crippen molar-refractivity contribution in [1.29, 1.82) is 0 Å². The zero-order valence-electron chi connectivity index (χ0n) is 7.20. The maximum Gasteiger partial charge on any atom is 0.163 e. The molecule has 4 nitrogen and oxygen atoms in total. The van der Waals surface area contributed by atoms with Crippen molar-refractivity contribution in [2.45, 2.75) is 25.7 Å². The molecule has 2 heterocycles. The zero-order valence-corrected chi connectivity index (χ0v) is 7.20. The van der Waals surface area contributed by atoms with Gasteiger partial charge in [0.25, 0.3) is 0 Å². The van der Waals surface area contributed by atoms with Crippen molar-refractivity contribution in [3.8, 4) is 0 Å². The van der Waals surface area contributed by atoms with Crippen LogP contribution in [0.4, 0.5) is 0 Å². The molecule has 1 atom stereocenters. The van der Waals surface area contributed by atoms with Crippen LogP contribution in [0.1, 0.15) is 25.5 Å². The third-order valence-corrected chi connectivity index (χ3v) is 1.90. The van der Waals surface area contributed by atoms with Gasteiger partial charge < -0.3 is 9.47 Å². The summed E-state index contributed by atoms with van der Waals surface area (Å²) in [5.74, 6) is -0.456. The van der Waals surface area contributed by atoms with E-state index in [2.05, 4.69) is 10.2 Å². The summed E-state index contributed by atoms with van der Waals surface area (Å²) < 4.78 is 11.0. The van der Waals surface area contributed by atoms with Gasteiger partial charge in [-0.05, 0) is 13.8 Å². The van der Waals surface area contributed by atoms with Gasteiger partial charge in [-0.25, -0.2) is 0 Å². The fourth-order valence-corrected chi connectivity index (χ4v) is 1.29. The molecular formula is C8H12N2O2. The van der Waals surface area contributed by atoms with Crippen LogP contribution in [-0.2, 0) is 9.47 Å². The number of ether oxygens (including phenoxy) is 2. The van der Waals surface area contributed by atoms with E-state index in [9.17, 15) is 0 Å². The van der Waals surface area contributed by atoms with Crippen LogP contribution in [-0.4, -0.2) is 22.6 Å². The van der Waals surface area contributed by atoms with E-state index < -0.39 is 5.79 Å². The van der Waals surface area contributed by atoms with Crippen LogP contribution < -0.4 is 0 Å². The zero-order chi connectivity index (χ0) is 8.60. The van der Waals surface area contributed by atoms with Crippen LogP contribution in [0.2, 0.25) is 0 Å². The topological polar surface area (TPSA) is 47.1 Å². The summed E-state index contributed by atoms with van der Waals surface area (Å²) in [6.45, 7) is 4.42. The normalized spacial score (nSPS) is 27.7. The molecule has 1 aliphatic heterocycles. The number of hydrogen-bond acceptors (Lipinski definition) is 3. The molecule has 0 radical (unpaired) electrons. The summed E-state index contributed by atoms with van der Waals surface area (Å²) in [5, 5.41) is 6.60. The Labute approximate surface area is 70.9 Å². The van der Waals surface area contributed by atoms with Gasteiger partial charge in [0.15, 0.2) is 5.79 Å². The summed E-state index contributed by atoms with van der Waals surface area (Å²) in [5.41, 5.74) is 1.04. The molecule has 1 fully saturated rings. The smallest absolute Gasteiger partial charge is 0.163 e. The first kappa shape index (κ1) is 7.76. The highest BCUT2D eigenvalue weighted by Gasteiger charge is 2.33. The van der Waals surface area contributed by atoms with Crippen molar-refractivity contribution in [3.63, 3.8) is 0 Å². The summed E-state index contributed by atoms with van der Waals surface area (Å²) >= 11 is 0. The minimum absolute atomic E-state index is 0.0266. The molecule has 1 N–H and O–H groups in total. The van der Waals surface area contributed by atoms with Gasteiger partial charge in [-0.1, -0.05) is 0 Å². The van der Waals surface area contributed by atoms with Crippen LogP contribution in [0.15, 0.2) is 12.4 Å². The highest BCUT2D eigenvalue weighted by Crippen LogP contribution is 2.31. The SMILES string of the molecule is CC1(C)OCC(c2cn[nH]c2)O1. The van der Waals surface area contributed by atoms with E-state index >= 15 is 0 Å². The second kappa shape index (κ2) is 2.57. The third-order valence-electron chi connectivity index (χ3n) is 1.90. The Bertz CT molecular complexity index is 256. The van der Waals surface area contributed by atoms with E-state index in [0.29, 0.717) is 6.61 Å². The van der Waals surface area contributed by atoms with E-state index in [1.807, 2.05) is 20.0 Å². The second-order valence-corrected chi connectivity index (χ2v) is 3.35. The number of H-pyrrole nitrogens is 1. The van der Waals surface area contributed by atoms with Crippen molar-refractivity contribution >= 4 is 0 Å². The predicted molar refractivity (Wildman–Crippen MR) is 42.4 cm³/mol. The predicted octanol–water partition coefficient (Wildman–Crippen LogP) is 1.23. The standard InChI is InChI=1S/C8H12N2O2/c1-8(2)11-5-7(12-8)6-3-9-10-4-6/h3-4,7H,5H2,1-2H3,(H,9,10). The molecule has 1 aromatic heterocycles. The minimum atomic E-state index is -0.456. The Morgan fingerprint density at radius 1 is 1.67 bits per heavy atom. The maximum atomic E-state index is 5.61. The molecule has 0 bridgehead atoms. The molecule has 0 amide bonds. The van der Waals surface area contributed by atoms with Crippen LogP contribution in [0.3, 0.4) is 0 Å². The van der Waals surface area contributed by atoms with E-state index in [1.54, 1.807) is 6.20 Å². The molecule has 1 aliphatic rings. The van der Waals surface area contributed by atoms with Gasteiger partial charge in [0.2, 0.25) is 0 Å². The molecule has 0 aromatic carbocycles. The van der Waals surface area contributed by atoms with E-state index in [-0.39, 0.29) is 6.10 Å². The fraction of sp³-hybridized carbons (Fsp3) is 0.625. The number of hydrogen-bond donors (Lipinski definition) is 1.